The second-order valence-corrected chi connectivity index (χ2v) is 2.82. The molecule has 3 nitrogen and oxygen atoms in total. The van der Waals surface area contributed by atoms with Crippen LogP contribution in [0.25, 0.3) is 0 Å². The highest BCUT2D eigenvalue weighted by Crippen LogP contribution is 2.09. The average molecular weight is 185 g/mol. The second-order valence-electron chi connectivity index (χ2n) is 2.47. The van der Waals surface area contributed by atoms with E-state index in [2.05, 4.69) is 10.2 Å². The van der Waals surface area contributed by atoms with Crippen molar-refractivity contribution in [3.63, 3.8) is 0 Å². The quantitative estimate of drug-likeness (QED) is 0.658. The van der Waals surface area contributed by atoms with E-state index in [1.165, 1.54) is 0 Å². The van der Waals surface area contributed by atoms with E-state index in [0.717, 1.165) is 0 Å². The van der Waals surface area contributed by atoms with Crippen molar-refractivity contribution >= 4 is 16.8 Å². The Morgan fingerprint density at radius 3 is 2.75 bits per heavy atom. The normalized spacial score (nSPS) is 9.92. The Morgan fingerprint density at radius 2 is 2.25 bits per heavy atom. The predicted molar refractivity (Wildman–Crippen MR) is 46.3 cm³/mol. The zero-order valence-corrected chi connectivity index (χ0v) is 7.72. The van der Waals surface area contributed by atoms with Gasteiger partial charge >= 0.3 is 0 Å². The van der Waals surface area contributed by atoms with Gasteiger partial charge < -0.3 is 0 Å². The van der Waals surface area contributed by atoms with Crippen molar-refractivity contribution in [1.29, 1.82) is 0 Å². The van der Waals surface area contributed by atoms with Gasteiger partial charge in [-0.2, -0.15) is 10.2 Å². The standard InChI is InChI=1S/C8H9ClN2O/c1-3-7-6(8(9)12)4-5(2)10-11-7/h4H,3H2,1-2H3. The van der Waals surface area contributed by atoms with Crippen molar-refractivity contribution in [3.8, 4) is 0 Å². The second kappa shape index (κ2) is 3.63. The van der Waals surface area contributed by atoms with Gasteiger partial charge in [-0.3, -0.25) is 4.79 Å². The molecule has 0 atom stereocenters. The summed E-state index contributed by atoms with van der Waals surface area (Å²) in [5, 5.41) is 7.23. The SMILES string of the molecule is CCc1nnc(C)cc1C(=O)Cl. The van der Waals surface area contributed by atoms with Crippen LogP contribution in [0.4, 0.5) is 0 Å². The van der Waals surface area contributed by atoms with Crippen molar-refractivity contribution in [2.45, 2.75) is 20.3 Å². The Hall–Kier alpha value is -0.960. The zero-order chi connectivity index (χ0) is 9.14. The largest absolute Gasteiger partial charge is 0.276 e. The van der Waals surface area contributed by atoms with E-state index in [0.29, 0.717) is 23.4 Å². The summed E-state index contributed by atoms with van der Waals surface area (Å²) in [6.45, 7) is 3.68. The summed E-state index contributed by atoms with van der Waals surface area (Å²) in [7, 11) is 0. The van der Waals surface area contributed by atoms with Gasteiger partial charge in [0.05, 0.1) is 17.0 Å². The Labute approximate surface area is 75.8 Å². The molecule has 0 bridgehead atoms. The molecular formula is C8H9ClN2O. The van der Waals surface area contributed by atoms with Crippen molar-refractivity contribution < 1.29 is 4.79 Å². The summed E-state index contributed by atoms with van der Waals surface area (Å²) in [6.07, 6.45) is 0.668. The molecular weight excluding hydrogens is 176 g/mol. The Kier molecular flexibility index (Phi) is 2.76. The fraction of sp³-hybridized carbons (Fsp3) is 0.375. The Balaban J connectivity index is 3.21. The van der Waals surface area contributed by atoms with Crippen LogP contribution in [0.1, 0.15) is 28.7 Å². The minimum atomic E-state index is -0.468. The smallest absolute Gasteiger partial charge is 0.254 e. The highest BCUT2D eigenvalue weighted by atomic mass is 35.5. The molecule has 0 radical (unpaired) electrons. The van der Waals surface area contributed by atoms with Crippen LogP contribution < -0.4 is 0 Å². The van der Waals surface area contributed by atoms with Crippen LogP contribution in [-0.2, 0) is 6.42 Å². The van der Waals surface area contributed by atoms with Gasteiger partial charge in [-0.25, -0.2) is 0 Å². The number of hydrogen-bond acceptors (Lipinski definition) is 3. The van der Waals surface area contributed by atoms with E-state index in [-0.39, 0.29) is 0 Å². The maximum atomic E-state index is 10.9. The van der Waals surface area contributed by atoms with E-state index in [4.69, 9.17) is 11.6 Å². The minimum Gasteiger partial charge on any atom is -0.276 e. The molecule has 12 heavy (non-hydrogen) atoms. The molecule has 0 amide bonds. The zero-order valence-electron chi connectivity index (χ0n) is 6.97. The van der Waals surface area contributed by atoms with Crippen LogP contribution in [0.2, 0.25) is 0 Å². The molecule has 0 saturated carbocycles. The third-order valence-corrected chi connectivity index (χ3v) is 1.74. The van der Waals surface area contributed by atoms with E-state index < -0.39 is 5.24 Å². The number of rotatable bonds is 2. The van der Waals surface area contributed by atoms with Crippen molar-refractivity contribution in [2.24, 2.45) is 0 Å². The van der Waals surface area contributed by atoms with E-state index in [9.17, 15) is 4.79 Å². The highest BCUT2D eigenvalue weighted by molar-refractivity contribution is 6.67. The molecule has 0 N–H and O–H groups in total. The van der Waals surface area contributed by atoms with E-state index >= 15 is 0 Å². The maximum absolute atomic E-state index is 10.9. The van der Waals surface area contributed by atoms with Crippen LogP contribution in [0.3, 0.4) is 0 Å². The van der Waals surface area contributed by atoms with Gasteiger partial charge in [-0.1, -0.05) is 6.92 Å². The summed E-state index contributed by atoms with van der Waals surface area (Å²) < 4.78 is 0. The molecule has 4 heteroatoms. The maximum Gasteiger partial charge on any atom is 0.254 e. The van der Waals surface area contributed by atoms with Crippen LogP contribution in [-0.4, -0.2) is 15.4 Å². The van der Waals surface area contributed by atoms with Gasteiger partial charge in [0.2, 0.25) is 0 Å². The monoisotopic (exact) mass is 184 g/mol. The third-order valence-electron chi connectivity index (χ3n) is 1.54. The average Bonchev–Trinajstić information content (AvgIpc) is 2.04. The number of carbonyl (C=O) groups excluding carboxylic acids is 1. The first-order chi connectivity index (χ1) is 5.65. The molecule has 1 aromatic heterocycles. The molecule has 0 fully saturated rings. The number of aromatic nitrogens is 2. The van der Waals surface area contributed by atoms with Gasteiger partial charge in [0.1, 0.15) is 0 Å². The summed E-state index contributed by atoms with van der Waals surface area (Å²) in [6, 6.07) is 1.65. The Morgan fingerprint density at radius 1 is 1.58 bits per heavy atom. The molecule has 64 valence electrons. The number of aryl methyl sites for hydroxylation is 2. The summed E-state index contributed by atoms with van der Waals surface area (Å²) in [4.78, 5) is 10.9. The van der Waals surface area contributed by atoms with Gasteiger partial charge in [0.25, 0.3) is 5.24 Å². The first-order valence-corrected chi connectivity index (χ1v) is 4.06. The molecule has 0 aliphatic rings. The van der Waals surface area contributed by atoms with Gasteiger partial charge in [-0.15, -0.1) is 0 Å². The van der Waals surface area contributed by atoms with Crippen molar-refractivity contribution in [3.05, 3.63) is 23.0 Å². The van der Waals surface area contributed by atoms with Crippen LogP contribution >= 0.6 is 11.6 Å². The van der Waals surface area contributed by atoms with Crippen molar-refractivity contribution in [2.75, 3.05) is 0 Å². The molecule has 1 heterocycles. The summed E-state index contributed by atoms with van der Waals surface area (Å²) >= 11 is 5.35. The van der Waals surface area contributed by atoms with Crippen LogP contribution in [0.5, 0.6) is 0 Å². The first kappa shape index (κ1) is 9.13. The molecule has 1 rings (SSSR count). The first-order valence-electron chi connectivity index (χ1n) is 3.68. The van der Waals surface area contributed by atoms with Crippen molar-refractivity contribution in [1.82, 2.24) is 10.2 Å². The van der Waals surface area contributed by atoms with Crippen LogP contribution in [0.15, 0.2) is 6.07 Å². The topological polar surface area (TPSA) is 42.9 Å². The lowest BCUT2D eigenvalue weighted by Crippen LogP contribution is -2.03. The number of carbonyl (C=O) groups is 1. The fourth-order valence-electron chi connectivity index (χ4n) is 0.945. The Bertz CT molecular complexity index is 312. The third kappa shape index (κ3) is 1.80. The van der Waals surface area contributed by atoms with Gasteiger partial charge in [-0.05, 0) is 31.0 Å². The number of nitrogens with zero attached hydrogens (tertiary/aromatic N) is 2. The molecule has 0 spiro atoms. The van der Waals surface area contributed by atoms with E-state index in [1.807, 2.05) is 6.92 Å². The minimum absolute atomic E-state index is 0.465. The highest BCUT2D eigenvalue weighted by Gasteiger charge is 2.09. The molecule has 0 aromatic carbocycles. The molecule has 1 aromatic rings. The van der Waals surface area contributed by atoms with Gasteiger partial charge in [0, 0.05) is 0 Å². The molecule has 0 aliphatic heterocycles. The number of hydrogen-bond donors (Lipinski definition) is 0. The molecule has 0 aliphatic carbocycles. The van der Waals surface area contributed by atoms with Crippen LogP contribution in [0, 0.1) is 6.92 Å². The van der Waals surface area contributed by atoms with E-state index in [1.54, 1.807) is 13.0 Å². The lowest BCUT2D eigenvalue weighted by molar-refractivity contribution is 0.108. The predicted octanol–water partition coefficient (Wildman–Crippen LogP) is 1.73. The molecule has 0 unspecified atom stereocenters. The summed E-state index contributed by atoms with van der Waals surface area (Å²) in [5.74, 6) is 0. The fourth-order valence-corrected chi connectivity index (χ4v) is 1.11. The molecule has 0 saturated heterocycles. The lowest BCUT2D eigenvalue weighted by atomic mass is 10.2. The lowest BCUT2D eigenvalue weighted by Gasteiger charge is -2.00. The van der Waals surface area contributed by atoms with Gasteiger partial charge in [0.15, 0.2) is 0 Å². The summed E-state index contributed by atoms with van der Waals surface area (Å²) in [5.41, 5.74) is 1.82. The number of halogens is 1.